The summed E-state index contributed by atoms with van der Waals surface area (Å²) in [5.74, 6) is -3.09. The van der Waals surface area contributed by atoms with Gasteiger partial charge in [-0.05, 0) is 86.6 Å². The first-order valence-corrected chi connectivity index (χ1v) is 23.2. The number of rotatable bonds is 17. The molecule has 0 aromatic heterocycles. The van der Waals surface area contributed by atoms with Crippen molar-refractivity contribution in [3.63, 3.8) is 0 Å². The Bertz CT molecular complexity index is 2760. The molecule has 72 heavy (non-hydrogen) atoms. The zero-order valence-corrected chi connectivity index (χ0v) is 39.8. The van der Waals surface area contributed by atoms with E-state index in [-0.39, 0.29) is 45.9 Å². The van der Waals surface area contributed by atoms with Crippen LogP contribution in [0.15, 0.2) is 170 Å². The van der Waals surface area contributed by atoms with Crippen LogP contribution in [0.4, 0.5) is 0 Å². The molecule has 0 aliphatic carbocycles. The zero-order valence-electron chi connectivity index (χ0n) is 39.8. The third-order valence-corrected chi connectivity index (χ3v) is 12.1. The largest absolute Gasteiger partial charge is 0.493 e. The molecule has 0 spiro atoms. The topological polar surface area (TPSA) is 190 Å². The summed E-state index contributed by atoms with van der Waals surface area (Å²) in [5.41, 5.74) is -0.308. The number of nitrogens with one attached hydrogen (secondary N) is 1. The molecule has 372 valence electrons. The number of para-hydroxylation sites is 1. The maximum atomic E-state index is 14.4. The number of amides is 1. The highest BCUT2D eigenvalue weighted by Crippen LogP contribution is 2.42. The molecule has 0 saturated carbocycles. The minimum atomic E-state index is -1.64. The molecule has 0 bridgehead atoms. The van der Waals surface area contributed by atoms with Gasteiger partial charge >= 0.3 is 23.9 Å². The molecule has 1 amide bonds. The van der Waals surface area contributed by atoms with Gasteiger partial charge in [0.1, 0.15) is 12.7 Å². The predicted molar refractivity (Wildman–Crippen MR) is 259 cm³/mol. The summed E-state index contributed by atoms with van der Waals surface area (Å²) in [6, 6.07) is 46.2. The van der Waals surface area contributed by atoms with E-state index in [2.05, 4.69) is 5.32 Å². The molecule has 2 saturated heterocycles. The highest BCUT2D eigenvalue weighted by molar-refractivity contribution is 5.95. The number of hydrogen-bond acceptors (Lipinski definition) is 15. The van der Waals surface area contributed by atoms with Gasteiger partial charge in [-0.25, -0.2) is 19.2 Å². The molecule has 9 atom stereocenters. The van der Waals surface area contributed by atoms with E-state index in [4.69, 9.17) is 47.4 Å². The number of ether oxygens (including phenoxy) is 10. The molecule has 16 heteroatoms. The minimum Gasteiger partial charge on any atom is -0.493 e. The third-order valence-electron chi connectivity index (χ3n) is 12.1. The standard InChI is InChI=1S/C56H53NO15/c1-35-49(72-54(62)40-29-18-9-19-30-40)56(2,57-50(58)36-21-10-5-11-22-36)33-44(66-35)68-48-47(70-53(61)39-27-16-8-17-28-39)46(69-52(60)38-25-14-7-15-26-38)43(34-65-51(59)37-23-12-6-13-24-37)67-55(48)71-45-41(63-3)31-20-32-42(45)64-4/h5-32,35,43-44,46-49,55H,33-34H2,1-4H3,(H,57,58)/t35-,43+,44-,46+,47-,48+,49+,55-,56-/m0/s1. The lowest BCUT2D eigenvalue weighted by atomic mass is 9.84. The van der Waals surface area contributed by atoms with Gasteiger partial charge in [0.2, 0.25) is 12.0 Å². The van der Waals surface area contributed by atoms with Gasteiger partial charge in [0.25, 0.3) is 5.91 Å². The molecule has 0 unspecified atom stereocenters. The van der Waals surface area contributed by atoms with Gasteiger partial charge < -0.3 is 52.7 Å². The molecule has 16 nitrogen and oxygen atoms in total. The van der Waals surface area contributed by atoms with Crippen molar-refractivity contribution in [2.75, 3.05) is 20.8 Å². The molecule has 1 N–H and O–H groups in total. The Morgan fingerprint density at radius 2 is 0.986 bits per heavy atom. The predicted octanol–water partition coefficient (Wildman–Crippen LogP) is 8.05. The second kappa shape index (κ2) is 23.2. The number of hydrogen-bond donors (Lipinski definition) is 1. The van der Waals surface area contributed by atoms with E-state index in [0.717, 1.165) is 0 Å². The number of benzene rings is 6. The van der Waals surface area contributed by atoms with Crippen molar-refractivity contribution < 1.29 is 71.3 Å². The summed E-state index contributed by atoms with van der Waals surface area (Å²) in [7, 11) is 2.85. The number of methoxy groups -OCH3 is 2. The average molecular weight is 980 g/mol. The van der Waals surface area contributed by atoms with Crippen LogP contribution in [0.3, 0.4) is 0 Å². The molecule has 0 radical (unpaired) electrons. The van der Waals surface area contributed by atoms with Crippen LogP contribution >= 0.6 is 0 Å². The normalized spacial score (nSPS) is 23.6. The van der Waals surface area contributed by atoms with Gasteiger partial charge in [-0.1, -0.05) is 97.1 Å². The van der Waals surface area contributed by atoms with Crippen molar-refractivity contribution in [2.24, 2.45) is 0 Å². The maximum absolute atomic E-state index is 14.4. The Hall–Kier alpha value is -8.05. The first kappa shape index (κ1) is 50.3. The van der Waals surface area contributed by atoms with E-state index in [0.29, 0.717) is 5.56 Å². The van der Waals surface area contributed by atoms with Crippen molar-refractivity contribution >= 4 is 29.8 Å². The molecule has 2 aliphatic rings. The lowest BCUT2D eigenvalue weighted by molar-refractivity contribution is -0.332. The van der Waals surface area contributed by atoms with Crippen LogP contribution < -0.4 is 19.5 Å². The van der Waals surface area contributed by atoms with Gasteiger partial charge in [0.05, 0.1) is 48.1 Å². The molecule has 2 heterocycles. The van der Waals surface area contributed by atoms with Gasteiger partial charge in [-0.2, -0.15) is 0 Å². The van der Waals surface area contributed by atoms with Crippen molar-refractivity contribution in [2.45, 2.75) is 75.0 Å². The Balaban J connectivity index is 1.23. The van der Waals surface area contributed by atoms with Crippen LogP contribution in [0.1, 0.15) is 72.1 Å². The van der Waals surface area contributed by atoms with Gasteiger partial charge in [0.15, 0.2) is 42.2 Å². The summed E-state index contributed by atoms with van der Waals surface area (Å²) < 4.78 is 63.0. The van der Waals surface area contributed by atoms with Crippen molar-refractivity contribution in [1.29, 1.82) is 0 Å². The van der Waals surface area contributed by atoms with Gasteiger partial charge in [-0.3, -0.25) is 4.79 Å². The second-order valence-electron chi connectivity index (χ2n) is 17.1. The summed E-state index contributed by atoms with van der Waals surface area (Å²) >= 11 is 0. The lowest BCUT2D eigenvalue weighted by Gasteiger charge is -2.49. The van der Waals surface area contributed by atoms with Crippen LogP contribution in [-0.2, 0) is 33.2 Å². The fraction of sp³-hybridized carbons (Fsp3) is 0.268. The SMILES string of the molecule is COc1cccc(OC)c1O[C@@H]1O[C@H](COC(=O)c2ccccc2)[C@@H](OC(=O)c2ccccc2)[C@H](OC(=O)c2ccccc2)[C@H]1O[C@H]1C[C@](C)(NC(=O)c2ccccc2)[C@H](OC(=O)c2ccccc2)[C@H](C)O1. The summed E-state index contributed by atoms with van der Waals surface area (Å²) in [4.78, 5) is 69.9. The van der Waals surface area contributed by atoms with E-state index >= 15 is 0 Å². The van der Waals surface area contributed by atoms with E-state index in [1.54, 1.807) is 172 Å². The highest BCUT2D eigenvalue weighted by Gasteiger charge is 2.56. The Morgan fingerprint density at radius 1 is 0.542 bits per heavy atom. The molecule has 2 fully saturated rings. The van der Waals surface area contributed by atoms with Crippen LogP contribution in [0.25, 0.3) is 0 Å². The van der Waals surface area contributed by atoms with Crippen molar-refractivity contribution in [3.8, 4) is 17.2 Å². The average Bonchev–Trinajstić information content (AvgIpc) is 3.41. The molecule has 2 aliphatic heterocycles. The Morgan fingerprint density at radius 3 is 1.47 bits per heavy atom. The van der Waals surface area contributed by atoms with Gasteiger partial charge in [-0.15, -0.1) is 0 Å². The van der Waals surface area contributed by atoms with Crippen molar-refractivity contribution in [3.05, 3.63) is 198 Å². The summed E-state index contributed by atoms with van der Waals surface area (Å²) in [6.45, 7) is 2.81. The number of carbonyl (C=O) groups excluding carboxylic acids is 5. The van der Waals surface area contributed by atoms with E-state index < -0.39 is 91.1 Å². The monoisotopic (exact) mass is 979 g/mol. The Kier molecular flexibility index (Phi) is 16.3. The second-order valence-corrected chi connectivity index (χ2v) is 17.1. The van der Waals surface area contributed by atoms with Crippen LogP contribution in [0.2, 0.25) is 0 Å². The lowest BCUT2D eigenvalue weighted by Crippen LogP contribution is -2.67. The molecule has 6 aromatic rings. The maximum Gasteiger partial charge on any atom is 0.338 e. The van der Waals surface area contributed by atoms with Crippen LogP contribution in [0.5, 0.6) is 17.2 Å². The smallest absolute Gasteiger partial charge is 0.338 e. The molecular formula is C56H53NO15. The van der Waals surface area contributed by atoms with E-state index in [1.165, 1.54) is 26.4 Å². The van der Waals surface area contributed by atoms with Gasteiger partial charge in [0, 0.05) is 12.0 Å². The first-order chi connectivity index (χ1) is 34.9. The summed E-state index contributed by atoms with van der Waals surface area (Å²) in [5, 5.41) is 3.09. The minimum absolute atomic E-state index is 0.0415. The number of carbonyl (C=O) groups is 5. The molecule has 6 aromatic carbocycles. The zero-order chi connectivity index (χ0) is 50.6. The first-order valence-electron chi connectivity index (χ1n) is 23.2. The summed E-state index contributed by atoms with van der Waals surface area (Å²) in [6.07, 6.45) is -11.4. The van der Waals surface area contributed by atoms with Crippen LogP contribution in [0, 0.1) is 0 Å². The highest BCUT2D eigenvalue weighted by atomic mass is 16.8. The fourth-order valence-electron chi connectivity index (χ4n) is 8.55. The third kappa shape index (κ3) is 11.9. The van der Waals surface area contributed by atoms with E-state index in [1.807, 2.05) is 0 Å². The Labute approximate surface area is 415 Å². The van der Waals surface area contributed by atoms with Crippen LogP contribution in [-0.4, -0.2) is 105 Å². The quantitative estimate of drug-likeness (QED) is 0.0682. The molecular weight excluding hydrogens is 927 g/mol. The van der Waals surface area contributed by atoms with E-state index in [9.17, 15) is 24.0 Å². The molecule has 8 rings (SSSR count). The number of esters is 4. The van der Waals surface area contributed by atoms with Crippen molar-refractivity contribution in [1.82, 2.24) is 5.32 Å². The fourth-order valence-corrected chi connectivity index (χ4v) is 8.55.